The molecular weight excluding hydrogens is 444 g/mol. The topological polar surface area (TPSA) is 48.5 Å². The quantitative estimate of drug-likeness (QED) is 0.556. The number of fused-ring (bicyclic) bond motifs is 1. The number of carbonyl (C=O) groups is 1. The first kappa shape index (κ1) is 24.0. The predicted octanol–water partition coefficient (Wildman–Crippen LogP) is 4.67. The molecule has 5 heteroatoms. The van der Waals surface area contributed by atoms with Crippen LogP contribution in [0.1, 0.15) is 49.4 Å². The van der Waals surface area contributed by atoms with Crippen molar-refractivity contribution in [1.82, 2.24) is 14.8 Å². The number of anilines is 1. The van der Waals surface area contributed by atoms with Crippen molar-refractivity contribution in [3.8, 4) is 11.8 Å². The molecule has 5 rings (SSSR count). The van der Waals surface area contributed by atoms with Crippen LogP contribution in [0.25, 0.3) is 6.08 Å². The number of aryl methyl sites for hydroxylation is 2. The van der Waals surface area contributed by atoms with E-state index in [1.807, 2.05) is 37.4 Å². The first-order chi connectivity index (χ1) is 17.4. The molecule has 1 aliphatic carbocycles. The van der Waals surface area contributed by atoms with Crippen LogP contribution in [0.5, 0.6) is 0 Å². The molecule has 2 aliphatic rings. The highest BCUT2D eigenvalue weighted by atomic mass is 16.1. The molecule has 0 spiro atoms. The number of rotatable bonds is 4. The number of nitrogens with one attached hydrogen (secondary N) is 1. The number of hydrogen-bond donors (Lipinski definition) is 1. The van der Waals surface area contributed by atoms with Gasteiger partial charge < -0.3 is 10.2 Å². The maximum atomic E-state index is 13.0. The van der Waals surface area contributed by atoms with E-state index in [2.05, 4.69) is 76.3 Å². The fraction of sp³-hybridized carbons (Fsp3) is 0.290. The lowest BCUT2D eigenvalue weighted by Gasteiger charge is -2.32. The van der Waals surface area contributed by atoms with Crippen molar-refractivity contribution in [2.24, 2.45) is 0 Å². The summed E-state index contributed by atoms with van der Waals surface area (Å²) in [5.74, 6) is 6.32. The number of carbonyl (C=O) groups excluding carboxylic acids is 1. The molecule has 3 aromatic rings. The van der Waals surface area contributed by atoms with Gasteiger partial charge in [-0.1, -0.05) is 36.1 Å². The van der Waals surface area contributed by atoms with Crippen molar-refractivity contribution >= 4 is 17.7 Å². The van der Waals surface area contributed by atoms with Gasteiger partial charge in [-0.3, -0.25) is 14.7 Å². The molecule has 1 aliphatic heterocycles. The summed E-state index contributed by atoms with van der Waals surface area (Å²) in [6.07, 6.45) is 6.91. The summed E-state index contributed by atoms with van der Waals surface area (Å²) in [6.45, 7) is 9.47. The van der Waals surface area contributed by atoms with Crippen molar-refractivity contribution in [2.45, 2.75) is 26.8 Å². The van der Waals surface area contributed by atoms with Crippen LogP contribution in [0.15, 0.2) is 54.7 Å². The summed E-state index contributed by atoms with van der Waals surface area (Å²) in [7, 11) is 2.17. The molecule has 0 unspecified atom stereocenters. The Balaban J connectivity index is 1.27. The lowest BCUT2D eigenvalue weighted by Crippen LogP contribution is -2.43. The highest BCUT2D eigenvalue weighted by molar-refractivity contribution is 6.04. The van der Waals surface area contributed by atoms with E-state index in [-0.39, 0.29) is 5.91 Å². The van der Waals surface area contributed by atoms with E-state index >= 15 is 0 Å². The molecule has 1 N–H and O–H groups in total. The zero-order chi connectivity index (χ0) is 25.1. The van der Waals surface area contributed by atoms with Gasteiger partial charge in [0, 0.05) is 67.7 Å². The maximum absolute atomic E-state index is 13.0. The van der Waals surface area contributed by atoms with Crippen molar-refractivity contribution in [3.63, 3.8) is 0 Å². The van der Waals surface area contributed by atoms with E-state index in [0.29, 0.717) is 5.56 Å². The van der Waals surface area contributed by atoms with Crippen molar-refractivity contribution in [1.29, 1.82) is 0 Å². The number of likely N-dealkylation sites (N-methyl/N-ethyl adjacent to an activating group) is 1. The van der Waals surface area contributed by atoms with Crippen LogP contribution in [0.2, 0.25) is 0 Å². The molecule has 5 nitrogen and oxygen atoms in total. The maximum Gasteiger partial charge on any atom is 0.255 e. The predicted molar refractivity (Wildman–Crippen MR) is 146 cm³/mol. The molecule has 36 heavy (non-hydrogen) atoms. The van der Waals surface area contributed by atoms with Crippen LogP contribution in [0, 0.1) is 25.7 Å². The second-order valence-corrected chi connectivity index (χ2v) is 9.82. The number of hydrogen-bond acceptors (Lipinski definition) is 4. The Hall–Kier alpha value is -3.72. The standard InChI is InChI=1S/C31H32N4O/c1-22-7-9-27(19-25(22)10-8-24-18-26-5-4-6-30(26)32-20-24)31(36)33-29-12-11-28(23(2)17-29)21-35-15-13-34(3)14-16-35/h4-5,7,9,11-12,17-20H,6,13-16,21H2,1-3H3,(H,33,36). The van der Waals surface area contributed by atoms with Crippen molar-refractivity contribution < 1.29 is 4.79 Å². The highest BCUT2D eigenvalue weighted by Gasteiger charge is 2.15. The summed E-state index contributed by atoms with van der Waals surface area (Å²) in [5.41, 5.74) is 8.90. The van der Waals surface area contributed by atoms with Crippen molar-refractivity contribution in [3.05, 3.63) is 99.4 Å². The van der Waals surface area contributed by atoms with E-state index in [0.717, 1.165) is 72.8 Å². The second kappa shape index (κ2) is 10.5. The van der Waals surface area contributed by atoms with Gasteiger partial charge in [0.25, 0.3) is 5.91 Å². The van der Waals surface area contributed by atoms with E-state index in [1.54, 1.807) is 0 Å². The second-order valence-electron chi connectivity index (χ2n) is 9.82. The van der Waals surface area contributed by atoms with Gasteiger partial charge in [0.15, 0.2) is 0 Å². The summed E-state index contributed by atoms with van der Waals surface area (Å²) in [5, 5.41) is 3.06. The fourth-order valence-electron chi connectivity index (χ4n) is 4.63. The first-order valence-electron chi connectivity index (χ1n) is 12.5. The summed E-state index contributed by atoms with van der Waals surface area (Å²) < 4.78 is 0. The number of nitrogens with zero attached hydrogens (tertiary/aromatic N) is 3. The molecule has 0 saturated carbocycles. The van der Waals surface area contributed by atoms with Crippen LogP contribution in [-0.2, 0) is 13.0 Å². The van der Waals surface area contributed by atoms with Gasteiger partial charge in [-0.15, -0.1) is 0 Å². The van der Waals surface area contributed by atoms with Crippen LogP contribution in [-0.4, -0.2) is 53.9 Å². The minimum absolute atomic E-state index is 0.131. The molecule has 0 radical (unpaired) electrons. The fourth-order valence-corrected chi connectivity index (χ4v) is 4.63. The Bertz CT molecular complexity index is 1390. The summed E-state index contributed by atoms with van der Waals surface area (Å²) in [4.78, 5) is 22.4. The number of amides is 1. The first-order valence-corrected chi connectivity index (χ1v) is 12.5. The minimum atomic E-state index is -0.131. The molecule has 1 amide bonds. The van der Waals surface area contributed by atoms with Gasteiger partial charge in [0.05, 0.1) is 5.69 Å². The van der Waals surface area contributed by atoms with Crippen LogP contribution < -0.4 is 5.32 Å². The average Bonchev–Trinajstić information content (AvgIpc) is 3.34. The Morgan fingerprint density at radius 2 is 1.83 bits per heavy atom. The Morgan fingerprint density at radius 1 is 1.00 bits per heavy atom. The smallest absolute Gasteiger partial charge is 0.255 e. The largest absolute Gasteiger partial charge is 0.322 e. The van der Waals surface area contributed by atoms with Crippen molar-refractivity contribution in [2.75, 3.05) is 38.5 Å². The van der Waals surface area contributed by atoms with Gasteiger partial charge in [-0.25, -0.2) is 0 Å². The lowest BCUT2D eigenvalue weighted by molar-refractivity contribution is 0.102. The summed E-state index contributed by atoms with van der Waals surface area (Å²) >= 11 is 0. The SMILES string of the molecule is Cc1ccc(C(=O)Nc2ccc(CN3CCN(C)CC3)c(C)c2)cc1C#Cc1cnc2c(c1)C=CC2. The van der Waals surface area contributed by atoms with Gasteiger partial charge >= 0.3 is 0 Å². The van der Waals surface area contributed by atoms with E-state index < -0.39 is 0 Å². The van der Waals surface area contributed by atoms with Gasteiger partial charge in [0.1, 0.15) is 0 Å². The number of allylic oxidation sites excluding steroid dienone is 1. The van der Waals surface area contributed by atoms with Gasteiger partial charge in [-0.05, 0) is 73.5 Å². The molecule has 2 aromatic carbocycles. The third kappa shape index (κ3) is 5.57. The third-order valence-electron chi connectivity index (χ3n) is 7.04. The number of piperazine rings is 1. The average molecular weight is 477 g/mol. The zero-order valence-electron chi connectivity index (χ0n) is 21.3. The Labute approximate surface area is 213 Å². The highest BCUT2D eigenvalue weighted by Crippen LogP contribution is 2.20. The summed E-state index contributed by atoms with van der Waals surface area (Å²) in [6, 6.07) is 13.9. The lowest BCUT2D eigenvalue weighted by atomic mass is 10.0. The Kier molecular flexibility index (Phi) is 6.99. The number of benzene rings is 2. The molecule has 1 saturated heterocycles. The van der Waals surface area contributed by atoms with Crippen LogP contribution >= 0.6 is 0 Å². The molecule has 2 heterocycles. The molecule has 0 bridgehead atoms. The van der Waals surface area contributed by atoms with Crippen LogP contribution in [0.4, 0.5) is 5.69 Å². The molecule has 182 valence electrons. The van der Waals surface area contributed by atoms with Crippen LogP contribution in [0.3, 0.4) is 0 Å². The van der Waals surface area contributed by atoms with Gasteiger partial charge in [-0.2, -0.15) is 0 Å². The molecule has 1 aromatic heterocycles. The zero-order valence-corrected chi connectivity index (χ0v) is 21.3. The normalized spacial score (nSPS) is 15.3. The monoisotopic (exact) mass is 476 g/mol. The van der Waals surface area contributed by atoms with E-state index in [9.17, 15) is 4.79 Å². The number of pyridine rings is 1. The van der Waals surface area contributed by atoms with E-state index in [4.69, 9.17) is 0 Å². The molecular formula is C31H32N4O. The molecule has 1 fully saturated rings. The van der Waals surface area contributed by atoms with Gasteiger partial charge in [0.2, 0.25) is 0 Å². The number of aromatic nitrogens is 1. The molecule has 0 atom stereocenters. The third-order valence-corrected chi connectivity index (χ3v) is 7.04. The Morgan fingerprint density at radius 3 is 2.64 bits per heavy atom. The minimum Gasteiger partial charge on any atom is -0.322 e. The van der Waals surface area contributed by atoms with E-state index in [1.165, 1.54) is 11.1 Å².